The van der Waals surface area contributed by atoms with Gasteiger partial charge in [-0.15, -0.1) is 0 Å². The fourth-order valence-corrected chi connectivity index (χ4v) is 4.39. The number of nitrogens with zero attached hydrogens (tertiary/aromatic N) is 3. The van der Waals surface area contributed by atoms with Crippen LogP contribution in [0, 0.1) is 5.89 Å². The molecule has 1 aromatic carbocycles. The average Bonchev–Trinajstić information content (AvgIpc) is 3.09. The van der Waals surface area contributed by atoms with Gasteiger partial charge in [-0.2, -0.15) is 0 Å². The molecule has 184 valence electrons. The van der Waals surface area contributed by atoms with E-state index in [4.69, 9.17) is 21.1 Å². The molecule has 0 aliphatic carbocycles. The molecule has 34 heavy (non-hydrogen) atoms. The molecule has 13 heteroatoms. The van der Waals surface area contributed by atoms with Gasteiger partial charge in [0, 0.05) is 30.1 Å². The number of anilines is 1. The van der Waals surface area contributed by atoms with Crippen LogP contribution in [0.2, 0.25) is 0 Å². The van der Waals surface area contributed by atoms with E-state index in [2.05, 4.69) is 26.0 Å². The van der Waals surface area contributed by atoms with Crippen molar-refractivity contribution in [1.29, 1.82) is 0 Å². The van der Waals surface area contributed by atoms with Gasteiger partial charge in [0.15, 0.2) is 5.79 Å². The maximum Gasteiger partial charge on any atom is 0.278 e. The molecule has 4 aliphatic heterocycles. The van der Waals surface area contributed by atoms with Gasteiger partial charge in [-0.1, -0.05) is 17.2 Å². The summed E-state index contributed by atoms with van der Waals surface area (Å²) in [4.78, 5) is 29.1. The number of nitrogens with one attached hydrogen (secondary N) is 3. The van der Waals surface area contributed by atoms with Gasteiger partial charge in [-0.3, -0.25) is 9.59 Å². The molecule has 0 aromatic heterocycles. The van der Waals surface area contributed by atoms with Crippen molar-refractivity contribution in [2.45, 2.75) is 56.1 Å². The van der Waals surface area contributed by atoms with Crippen LogP contribution in [-0.4, -0.2) is 70.7 Å². The number of azide groups is 1. The second-order valence-corrected chi connectivity index (χ2v) is 9.15. The molecule has 1 aromatic rings. The van der Waals surface area contributed by atoms with Crippen molar-refractivity contribution >= 4 is 23.2 Å². The Morgan fingerprint density at radius 2 is 1.97 bits per heavy atom. The first-order valence-electron chi connectivity index (χ1n) is 11.2. The molecule has 0 spiro atoms. The maximum atomic E-state index is 13.3. The number of benzene rings is 1. The molecular formula is C21H28N6O7. The number of ether oxygens (including phenoxy) is 3. The number of aliphatic hydroxyl groups is 2. The smallest absolute Gasteiger partial charge is 0.278 e. The Morgan fingerprint density at radius 3 is 2.59 bits per heavy atom. The van der Waals surface area contributed by atoms with Crippen LogP contribution in [0.4, 0.5) is 11.4 Å². The summed E-state index contributed by atoms with van der Waals surface area (Å²) in [6.45, 7) is 4.24. The van der Waals surface area contributed by atoms with E-state index in [-0.39, 0.29) is 26.2 Å². The molecule has 1 unspecified atom stereocenters. The van der Waals surface area contributed by atoms with Crippen molar-refractivity contribution < 1.29 is 35.4 Å². The molecule has 2 amide bonds. The Kier molecular flexibility index (Phi) is 5.63. The zero-order valence-corrected chi connectivity index (χ0v) is 19.0. The molecule has 0 radical (unpaired) electrons. The van der Waals surface area contributed by atoms with E-state index in [0.29, 0.717) is 11.4 Å². The predicted molar refractivity (Wildman–Crippen MR) is 117 cm³/mol. The molecule has 2 bridgehead atoms. The Balaban J connectivity index is 1.57. The van der Waals surface area contributed by atoms with Gasteiger partial charge in [0.05, 0.1) is 13.2 Å². The quantitative estimate of drug-likeness (QED) is 0.224. The first kappa shape index (κ1) is 22.8. The summed E-state index contributed by atoms with van der Waals surface area (Å²) in [5.74, 6) is -5.11. The summed E-state index contributed by atoms with van der Waals surface area (Å²) in [5, 5.41) is 33.4. The number of piperazine rings is 1. The SMILES string of the molecule is [2H]C1(CNc2ccc(N=[N+]=[N-])cc2)CCO[C@]2([C@@H](O)[C@]3(C)COC(C)(C)O3)NC(=O)[C@@]1(O)NC2=O. The fraction of sp³-hybridized carbons (Fsp3) is 0.619. The molecule has 4 saturated heterocycles. The topological polar surface area (TPSA) is 187 Å². The highest BCUT2D eigenvalue weighted by Gasteiger charge is 2.66. The number of aliphatic hydroxyl groups excluding tert-OH is 1. The lowest BCUT2D eigenvalue weighted by Gasteiger charge is -2.51. The predicted octanol–water partition coefficient (Wildman–Crippen LogP) is 0.610. The fourth-order valence-electron chi connectivity index (χ4n) is 4.39. The van der Waals surface area contributed by atoms with Gasteiger partial charge >= 0.3 is 0 Å². The van der Waals surface area contributed by atoms with Crippen LogP contribution < -0.4 is 16.0 Å². The summed E-state index contributed by atoms with van der Waals surface area (Å²) in [6.07, 6.45) is -1.87. The first-order chi connectivity index (χ1) is 16.3. The minimum atomic E-state index is -2.62. The number of fused-ring (bicyclic) bond motifs is 5. The summed E-state index contributed by atoms with van der Waals surface area (Å²) in [7, 11) is 0. The molecule has 4 fully saturated rings. The van der Waals surface area contributed by atoms with E-state index in [1.807, 2.05) is 0 Å². The largest absolute Gasteiger partial charge is 0.385 e. The second-order valence-electron chi connectivity index (χ2n) is 9.15. The van der Waals surface area contributed by atoms with Crippen molar-refractivity contribution in [2.24, 2.45) is 11.0 Å². The highest BCUT2D eigenvalue weighted by Crippen LogP contribution is 2.40. The van der Waals surface area contributed by atoms with Crippen LogP contribution in [0.5, 0.6) is 0 Å². The van der Waals surface area contributed by atoms with Gasteiger partial charge in [-0.25, -0.2) is 0 Å². The summed E-state index contributed by atoms with van der Waals surface area (Å²) in [5.41, 5.74) is 3.13. The summed E-state index contributed by atoms with van der Waals surface area (Å²) >= 11 is 0. The van der Waals surface area contributed by atoms with E-state index >= 15 is 0 Å². The van der Waals surface area contributed by atoms with Gasteiger partial charge in [0.25, 0.3) is 17.5 Å². The average molecular weight is 477 g/mol. The van der Waals surface area contributed by atoms with Gasteiger partial charge in [0.1, 0.15) is 11.7 Å². The van der Waals surface area contributed by atoms with Crippen molar-refractivity contribution in [3.05, 3.63) is 34.7 Å². The molecule has 13 nitrogen and oxygen atoms in total. The molecular weight excluding hydrogens is 448 g/mol. The lowest BCUT2D eigenvalue weighted by Crippen LogP contribution is -2.84. The minimum absolute atomic E-state index is 0.0789. The van der Waals surface area contributed by atoms with E-state index in [1.165, 1.54) is 6.92 Å². The zero-order chi connectivity index (χ0) is 25.7. The Morgan fingerprint density at radius 1 is 1.26 bits per heavy atom. The Bertz CT molecular complexity index is 1080. The number of hydrogen-bond donors (Lipinski definition) is 5. The number of hydrogen-bond acceptors (Lipinski definition) is 9. The van der Waals surface area contributed by atoms with Crippen LogP contribution in [0.15, 0.2) is 29.4 Å². The highest BCUT2D eigenvalue weighted by atomic mass is 16.8. The molecule has 5 N–H and O–H groups in total. The second kappa shape index (κ2) is 8.38. The van der Waals surface area contributed by atoms with Crippen molar-refractivity contribution in [2.75, 3.05) is 25.1 Å². The zero-order valence-electron chi connectivity index (χ0n) is 20.0. The van der Waals surface area contributed by atoms with E-state index in [0.717, 1.165) is 0 Å². The third kappa shape index (κ3) is 4.06. The van der Waals surface area contributed by atoms with Crippen LogP contribution >= 0.6 is 0 Å². The number of amides is 2. The van der Waals surface area contributed by atoms with Crippen LogP contribution in [0.25, 0.3) is 10.4 Å². The first-order valence-corrected chi connectivity index (χ1v) is 10.7. The molecule has 4 heterocycles. The van der Waals surface area contributed by atoms with Crippen molar-refractivity contribution in [1.82, 2.24) is 10.6 Å². The summed E-state index contributed by atoms with van der Waals surface area (Å²) < 4.78 is 26.0. The minimum Gasteiger partial charge on any atom is -0.385 e. The van der Waals surface area contributed by atoms with E-state index < -0.39 is 46.7 Å². The Labute approximate surface area is 196 Å². The maximum absolute atomic E-state index is 13.3. The highest BCUT2D eigenvalue weighted by molar-refractivity contribution is 6.01. The van der Waals surface area contributed by atoms with Crippen LogP contribution in [0.1, 0.15) is 28.6 Å². The molecule has 4 aliphatic rings. The van der Waals surface area contributed by atoms with E-state index in [1.54, 1.807) is 38.1 Å². The normalized spacial score (nSPS) is 38.0. The van der Waals surface area contributed by atoms with E-state index in [9.17, 15) is 19.8 Å². The molecule has 0 saturated carbocycles. The van der Waals surface area contributed by atoms with Crippen LogP contribution in [-0.2, 0) is 23.8 Å². The third-order valence-electron chi connectivity index (χ3n) is 6.19. The number of rotatable bonds is 6. The standard InChI is InChI=1S/C21H28N6O7/c1-18(2)33-11-19(3,34-18)15(28)21-17(30)24-20(31,16(29)25-21)12(8-9-32-21)10-23-13-4-6-14(7-5-13)26-27-22/h4-7,12,15,23,28,31H,8-11H2,1-3H3,(H,24,30)(H,25,29)/t12?,15-,19-,20+,21-/m0/s1/i12D. The van der Waals surface area contributed by atoms with Gasteiger partial charge in [-0.05, 0) is 44.9 Å². The number of carbonyl (C=O) groups is 2. The molecule has 5 rings (SSSR count). The summed E-state index contributed by atoms with van der Waals surface area (Å²) in [6, 6.07) is 6.31. The number of carbonyl (C=O) groups excluding carboxylic acids is 2. The van der Waals surface area contributed by atoms with Gasteiger partial charge in [0.2, 0.25) is 5.72 Å². The molecule has 5 atom stereocenters. The lowest BCUT2D eigenvalue weighted by molar-refractivity contribution is -0.247. The van der Waals surface area contributed by atoms with Gasteiger partial charge < -0.3 is 40.4 Å². The third-order valence-corrected chi connectivity index (χ3v) is 6.19. The Hall–Kier alpha value is -2.93. The van der Waals surface area contributed by atoms with Crippen LogP contribution in [0.3, 0.4) is 0 Å². The lowest BCUT2D eigenvalue weighted by atomic mass is 9.82. The monoisotopic (exact) mass is 477 g/mol. The van der Waals surface area contributed by atoms with Crippen molar-refractivity contribution in [3.63, 3.8) is 0 Å². The van der Waals surface area contributed by atoms with Crippen molar-refractivity contribution in [3.8, 4) is 0 Å².